The van der Waals surface area contributed by atoms with Crippen molar-refractivity contribution in [3.63, 3.8) is 0 Å². The minimum Gasteiger partial charge on any atom is -0.295 e. The third-order valence-electron chi connectivity index (χ3n) is 4.78. The molecule has 3 heteroatoms. The van der Waals surface area contributed by atoms with Crippen LogP contribution in [0.15, 0.2) is 22.8 Å². The molecular weight excluding hydrogens is 234 g/mol. The Morgan fingerprint density at radius 3 is 2.53 bits per heavy atom. The molecule has 0 radical (unpaired) electrons. The van der Waals surface area contributed by atoms with E-state index in [1.807, 2.05) is 6.08 Å². The second-order valence-electron chi connectivity index (χ2n) is 5.81. The molecular formula is C16H19N3. The summed E-state index contributed by atoms with van der Waals surface area (Å²) >= 11 is 0. The molecule has 98 valence electrons. The fourth-order valence-electron chi connectivity index (χ4n) is 3.90. The second-order valence-corrected chi connectivity index (χ2v) is 5.81. The summed E-state index contributed by atoms with van der Waals surface area (Å²) in [6, 6.07) is 4.76. The lowest BCUT2D eigenvalue weighted by Gasteiger charge is -2.40. The molecule has 0 spiro atoms. The Balaban J connectivity index is 2.03. The average Bonchev–Trinajstić information content (AvgIpc) is 2.98. The van der Waals surface area contributed by atoms with E-state index in [-0.39, 0.29) is 6.04 Å². The molecule has 2 fully saturated rings. The molecule has 0 aromatic carbocycles. The highest BCUT2D eigenvalue weighted by Crippen LogP contribution is 2.41. The summed E-state index contributed by atoms with van der Waals surface area (Å²) in [5.74, 6) is 0.485. The Kier molecular flexibility index (Phi) is 3.40. The van der Waals surface area contributed by atoms with E-state index in [9.17, 15) is 10.5 Å². The first-order chi connectivity index (χ1) is 9.35. The van der Waals surface area contributed by atoms with Crippen LogP contribution in [-0.2, 0) is 0 Å². The third kappa shape index (κ3) is 2.09. The van der Waals surface area contributed by atoms with Crippen molar-refractivity contribution in [1.29, 1.82) is 10.5 Å². The Hall–Kier alpha value is -1.58. The van der Waals surface area contributed by atoms with Crippen molar-refractivity contribution in [3.05, 3.63) is 22.8 Å². The summed E-state index contributed by atoms with van der Waals surface area (Å²) in [6.07, 6.45) is 9.24. The third-order valence-corrected chi connectivity index (χ3v) is 4.78. The highest BCUT2D eigenvalue weighted by molar-refractivity contribution is 5.53. The van der Waals surface area contributed by atoms with Gasteiger partial charge in [-0.15, -0.1) is 0 Å². The highest BCUT2D eigenvalue weighted by Gasteiger charge is 2.39. The minimum atomic E-state index is 0.183. The van der Waals surface area contributed by atoms with Gasteiger partial charge in [0.1, 0.15) is 6.07 Å². The number of rotatable bonds is 1. The van der Waals surface area contributed by atoms with Gasteiger partial charge in [-0.1, -0.05) is 12.0 Å². The fourth-order valence-corrected chi connectivity index (χ4v) is 3.90. The first-order valence-electron chi connectivity index (χ1n) is 7.34. The molecule has 1 unspecified atom stereocenters. The molecule has 0 aromatic rings. The van der Waals surface area contributed by atoms with Gasteiger partial charge in [-0.25, -0.2) is 0 Å². The number of fused-ring (bicyclic) bond motifs is 1. The van der Waals surface area contributed by atoms with Crippen molar-refractivity contribution in [2.75, 3.05) is 13.1 Å². The van der Waals surface area contributed by atoms with Crippen LogP contribution >= 0.6 is 0 Å². The van der Waals surface area contributed by atoms with E-state index in [0.29, 0.717) is 11.5 Å². The van der Waals surface area contributed by atoms with Crippen LogP contribution in [0.4, 0.5) is 0 Å². The van der Waals surface area contributed by atoms with Gasteiger partial charge in [0.15, 0.2) is 0 Å². The van der Waals surface area contributed by atoms with Crippen molar-refractivity contribution < 1.29 is 0 Å². The van der Waals surface area contributed by atoms with Gasteiger partial charge in [-0.05, 0) is 51.3 Å². The normalized spacial score (nSPS) is 31.4. The molecule has 1 heterocycles. The van der Waals surface area contributed by atoms with Crippen LogP contribution in [0.25, 0.3) is 0 Å². The maximum Gasteiger partial charge on any atom is 0.100 e. The molecule has 3 aliphatic rings. The van der Waals surface area contributed by atoms with Gasteiger partial charge in [-0.3, -0.25) is 4.90 Å². The number of hydrogen-bond acceptors (Lipinski definition) is 3. The minimum absolute atomic E-state index is 0.183. The number of nitriles is 2. The van der Waals surface area contributed by atoms with E-state index in [0.717, 1.165) is 25.1 Å². The Morgan fingerprint density at radius 1 is 1.05 bits per heavy atom. The van der Waals surface area contributed by atoms with Crippen molar-refractivity contribution in [2.24, 2.45) is 5.92 Å². The molecule has 1 saturated heterocycles. The molecule has 1 aliphatic heterocycles. The monoisotopic (exact) mass is 253 g/mol. The number of likely N-dealkylation sites (tertiary alicyclic amines) is 1. The van der Waals surface area contributed by atoms with Crippen LogP contribution in [0.1, 0.15) is 38.5 Å². The smallest absolute Gasteiger partial charge is 0.100 e. The highest BCUT2D eigenvalue weighted by atomic mass is 15.2. The summed E-state index contributed by atoms with van der Waals surface area (Å²) in [7, 11) is 0. The zero-order valence-corrected chi connectivity index (χ0v) is 11.2. The largest absolute Gasteiger partial charge is 0.295 e. The average molecular weight is 253 g/mol. The molecule has 0 aromatic heterocycles. The van der Waals surface area contributed by atoms with Crippen molar-refractivity contribution in [2.45, 2.75) is 44.6 Å². The summed E-state index contributed by atoms with van der Waals surface area (Å²) in [4.78, 5) is 2.44. The maximum atomic E-state index is 9.50. The van der Waals surface area contributed by atoms with E-state index in [1.54, 1.807) is 0 Å². The van der Waals surface area contributed by atoms with Gasteiger partial charge in [0, 0.05) is 5.92 Å². The van der Waals surface area contributed by atoms with Crippen molar-refractivity contribution in [3.8, 4) is 12.1 Å². The zero-order chi connectivity index (χ0) is 13.2. The molecule has 0 amide bonds. The molecule has 3 rings (SSSR count). The predicted octanol–water partition coefficient (Wildman–Crippen LogP) is 2.92. The molecule has 0 bridgehead atoms. The van der Waals surface area contributed by atoms with E-state index in [2.05, 4.69) is 17.0 Å². The van der Waals surface area contributed by atoms with Gasteiger partial charge in [0.25, 0.3) is 0 Å². The van der Waals surface area contributed by atoms with E-state index < -0.39 is 0 Å². The SMILES string of the molecule is N#CC1=C(C#N)[C@H](N2CCCC2)C2CCCCC2=C1. The van der Waals surface area contributed by atoms with Gasteiger partial charge in [-0.2, -0.15) is 10.5 Å². The van der Waals surface area contributed by atoms with Crippen LogP contribution < -0.4 is 0 Å². The van der Waals surface area contributed by atoms with Crippen molar-refractivity contribution >= 4 is 0 Å². The molecule has 2 aliphatic carbocycles. The van der Waals surface area contributed by atoms with Crippen LogP contribution in [0.2, 0.25) is 0 Å². The van der Waals surface area contributed by atoms with Crippen LogP contribution in [0, 0.1) is 28.6 Å². The Labute approximate surface area is 114 Å². The fraction of sp³-hybridized carbons (Fsp3) is 0.625. The van der Waals surface area contributed by atoms with Crippen molar-refractivity contribution in [1.82, 2.24) is 4.90 Å². The second kappa shape index (κ2) is 5.19. The lowest BCUT2D eigenvalue weighted by Crippen LogP contribution is -2.43. The zero-order valence-electron chi connectivity index (χ0n) is 11.2. The lowest BCUT2D eigenvalue weighted by molar-refractivity contribution is 0.202. The first-order valence-corrected chi connectivity index (χ1v) is 7.34. The number of allylic oxidation sites excluding steroid dienone is 2. The molecule has 2 atom stereocenters. The van der Waals surface area contributed by atoms with Gasteiger partial charge in [0.05, 0.1) is 23.3 Å². The van der Waals surface area contributed by atoms with Crippen LogP contribution in [0.3, 0.4) is 0 Å². The topological polar surface area (TPSA) is 50.8 Å². The summed E-state index contributed by atoms with van der Waals surface area (Å²) in [5.41, 5.74) is 2.76. The van der Waals surface area contributed by atoms with Crippen LogP contribution in [-0.4, -0.2) is 24.0 Å². The molecule has 1 saturated carbocycles. The Morgan fingerprint density at radius 2 is 1.84 bits per heavy atom. The summed E-state index contributed by atoms with van der Waals surface area (Å²) < 4.78 is 0. The predicted molar refractivity (Wildman–Crippen MR) is 72.9 cm³/mol. The first kappa shape index (κ1) is 12.5. The van der Waals surface area contributed by atoms with Gasteiger partial charge in [0.2, 0.25) is 0 Å². The van der Waals surface area contributed by atoms with E-state index >= 15 is 0 Å². The summed E-state index contributed by atoms with van der Waals surface area (Å²) in [6.45, 7) is 2.16. The summed E-state index contributed by atoms with van der Waals surface area (Å²) in [5, 5.41) is 18.8. The quantitative estimate of drug-likeness (QED) is 0.722. The number of nitrogens with zero attached hydrogens (tertiary/aromatic N) is 3. The van der Waals surface area contributed by atoms with Crippen LogP contribution in [0.5, 0.6) is 0 Å². The van der Waals surface area contributed by atoms with E-state index in [4.69, 9.17) is 0 Å². The standard InChI is InChI=1S/C16H19N3/c17-10-13-9-12-5-1-2-6-14(12)16(15(13)11-18)19-7-3-4-8-19/h9,14,16H,1-8H2/t14?,16-/m1/s1. The van der Waals surface area contributed by atoms with Gasteiger partial charge >= 0.3 is 0 Å². The molecule has 19 heavy (non-hydrogen) atoms. The van der Waals surface area contributed by atoms with E-state index in [1.165, 1.54) is 37.7 Å². The lowest BCUT2D eigenvalue weighted by atomic mass is 9.72. The van der Waals surface area contributed by atoms with Gasteiger partial charge < -0.3 is 0 Å². The molecule has 3 nitrogen and oxygen atoms in total. The maximum absolute atomic E-state index is 9.50. The number of hydrogen-bond donors (Lipinski definition) is 0. The Bertz CT molecular complexity index is 509. The molecule has 0 N–H and O–H groups in total.